The fourth-order valence-electron chi connectivity index (χ4n) is 1.46. The van der Waals surface area contributed by atoms with Crippen LogP contribution in [-0.4, -0.2) is 12.7 Å². The zero-order valence-electron chi connectivity index (χ0n) is 7.72. The third-order valence-electron chi connectivity index (χ3n) is 2.45. The van der Waals surface area contributed by atoms with E-state index >= 15 is 0 Å². The van der Waals surface area contributed by atoms with Crippen molar-refractivity contribution in [3.63, 3.8) is 0 Å². The van der Waals surface area contributed by atoms with Gasteiger partial charge in [0.25, 0.3) is 0 Å². The van der Waals surface area contributed by atoms with Crippen LogP contribution in [0.1, 0.15) is 17.5 Å². The van der Waals surface area contributed by atoms with Gasteiger partial charge in [-0.25, -0.2) is 0 Å². The Morgan fingerprint density at radius 1 is 1.54 bits per heavy atom. The Morgan fingerprint density at radius 2 is 2.31 bits per heavy atom. The lowest BCUT2D eigenvalue weighted by Gasteiger charge is -2.04. The van der Waals surface area contributed by atoms with Gasteiger partial charge >= 0.3 is 0 Å². The van der Waals surface area contributed by atoms with E-state index in [-0.39, 0.29) is 0 Å². The van der Waals surface area contributed by atoms with Crippen LogP contribution < -0.4 is 0 Å². The Hall–Kier alpha value is -0.340. The van der Waals surface area contributed by atoms with Gasteiger partial charge in [-0.05, 0) is 43.0 Å². The van der Waals surface area contributed by atoms with Gasteiger partial charge in [0.1, 0.15) is 0 Å². The second-order valence-electron chi connectivity index (χ2n) is 3.56. The van der Waals surface area contributed by atoms with Crippen LogP contribution in [0.2, 0.25) is 0 Å². The number of rotatable bonds is 3. The lowest BCUT2D eigenvalue weighted by Crippen LogP contribution is -1.93. The maximum atomic E-state index is 5.19. The highest BCUT2D eigenvalue weighted by molar-refractivity contribution is 9.10. The maximum absolute atomic E-state index is 5.19. The molecular formula is C11H13BrO. The second-order valence-corrected chi connectivity index (χ2v) is 4.48. The Balaban J connectivity index is 2.03. The van der Waals surface area contributed by atoms with E-state index in [4.69, 9.17) is 4.74 Å². The quantitative estimate of drug-likeness (QED) is 0.741. The Bertz CT molecular complexity index is 305. The first kappa shape index (κ1) is 9.22. The second kappa shape index (κ2) is 3.81. The van der Waals surface area contributed by atoms with Gasteiger partial charge in [-0.2, -0.15) is 0 Å². The van der Waals surface area contributed by atoms with Crippen LogP contribution in [-0.2, 0) is 11.2 Å². The minimum Gasteiger partial charge on any atom is -0.373 e. The molecule has 0 aliphatic carbocycles. The molecule has 0 amide bonds. The molecule has 13 heavy (non-hydrogen) atoms. The van der Waals surface area contributed by atoms with E-state index in [0.717, 1.165) is 19.4 Å². The molecule has 0 spiro atoms. The minimum atomic E-state index is 0.540. The van der Waals surface area contributed by atoms with Gasteiger partial charge in [0, 0.05) is 4.47 Å². The molecule has 1 aromatic carbocycles. The predicted molar refractivity (Wildman–Crippen MR) is 56.9 cm³/mol. The molecule has 0 saturated carbocycles. The van der Waals surface area contributed by atoms with E-state index in [1.807, 2.05) is 0 Å². The summed E-state index contributed by atoms with van der Waals surface area (Å²) in [6, 6.07) is 6.46. The van der Waals surface area contributed by atoms with E-state index in [9.17, 15) is 0 Å². The van der Waals surface area contributed by atoms with Crippen LogP contribution in [0.4, 0.5) is 0 Å². The molecule has 1 unspecified atom stereocenters. The summed E-state index contributed by atoms with van der Waals surface area (Å²) >= 11 is 3.49. The van der Waals surface area contributed by atoms with Crippen LogP contribution >= 0.6 is 15.9 Å². The first-order valence-electron chi connectivity index (χ1n) is 4.62. The fourth-order valence-corrected chi connectivity index (χ4v) is 1.87. The van der Waals surface area contributed by atoms with Gasteiger partial charge in [-0.3, -0.25) is 0 Å². The Labute approximate surface area is 87.2 Å². The van der Waals surface area contributed by atoms with Crippen molar-refractivity contribution in [2.45, 2.75) is 25.9 Å². The average Bonchev–Trinajstić information content (AvgIpc) is 2.90. The summed E-state index contributed by atoms with van der Waals surface area (Å²) in [6.45, 7) is 3.13. The standard InChI is InChI=1S/C11H13BrO/c1-8-2-4-10(12)6-9(8)3-5-11-7-13-11/h2,4,6,11H,3,5,7H2,1H3. The summed E-state index contributed by atoms with van der Waals surface area (Å²) in [7, 11) is 0. The molecule has 1 saturated heterocycles. The largest absolute Gasteiger partial charge is 0.373 e. The van der Waals surface area contributed by atoms with E-state index in [2.05, 4.69) is 41.1 Å². The SMILES string of the molecule is Cc1ccc(Br)cc1CCC1CO1. The fraction of sp³-hybridized carbons (Fsp3) is 0.455. The summed E-state index contributed by atoms with van der Waals surface area (Å²) in [5.41, 5.74) is 2.81. The highest BCUT2D eigenvalue weighted by Gasteiger charge is 2.21. The number of aryl methyl sites for hydroxylation is 2. The maximum Gasteiger partial charge on any atom is 0.0813 e. The zero-order valence-corrected chi connectivity index (χ0v) is 9.30. The van der Waals surface area contributed by atoms with E-state index in [1.165, 1.54) is 15.6 Å². The molecule has 1 heterocycles. The molecular weight excluding hydrogens is 228 g/mol. The van der Waals surface area contributed by atoms with Crippen molar-refractivity contribution in [1.29, 1.82) is 0 Å². The Morgan fingerprint density at radius 3 is 3.00 bits per heavy atom. The van der Waals surface area contributed by atoms with Crippen molar-refractivity contribution in [2.24, 2.45) is 0 Å². The van der Waals surface area contributed by atoms with Gasteiger partial charge < -0.3 is 4.74 Å². The molecule has 1 aliphatic rings. The zero-order chi connectivity index (χ0) is 9.26. The van der Waals surface area contributed by atoms with Crippen molar-refractivity contribution in [3.8, 4) is 0 Å². The molecule has 0 aromatic heterocycles. The van der Waals surface area contributed by atoms with E-state index in [0.29, 0.717) is 6.10 Å². The summed E-state index contributed by atoms with van der Waals surface area (Å²) in [5, 5.41) is 0. The third kappa shape index (κ3) is 2.55. The van der Waals surface area contributed by atoms with Crippen LogP contribution in [0, 0.1) is 6.92 Å². The molecule has 0 N–H and O–H groups in total. The highest BCUT2D eigenvalue weighted by atomic mass is 79.9. The lowest BCUT2D eigenvalue weighted by atomic mass is 10.0. The lowest BCUT2D eigenvalue weighted by molar-refractivity contribution is 0.396. The van der Waals surface area contributed by atoms with E-state index in [1.54, 1.807) is 0 Å². The summed E-state index contributed by atoms with van der Waals surface area (Å²) in [6.07, 6.45) is 2.84. The molecule has 1 aromatic rings. The van der Waals surface area contributed by atoms with Gasteiger partial charge in [0.15, 0.2) is 0 Å². The van der Waals surface area contributed by atoms with Crippen molar-refractivity contribution >= 4 is 15.9 Å². The van der Waals surface area contributed by atoms with Crippen molar-refractivity contribution in [3.05, 3.63) is 33.8 Å². The third-order valence-corrected chi connectivity index (χ3v) is 2.94. The van der Waals surface area contributed by atoms with Gasteiger partial charge in [-0.15, -0.1) is 0 Å². The highest BCUT2D eigenvalue weighted by Crippen LogP contribution is 2.21. The number of hydrogen-bond donors (Lipinski definition) is 0. The smallest absolute Gasteiger partial charge is 0.0813 e. The molecule has 0 bridgehead atoms. The number of benzene rings is 1. The topological polar surface area (TPSA) is 12.5 Å². The average molecular weight is 241 g/mol. The number of hydrogen-bond acceptors (Lipinski definition) is 1. The van der Waals surface area contributed by atoms with Crippen LogP contribution in [0.5, 0.6) is 0 Å². The van der Waals surface area contributed by atoms with Crippen LogP contribution in [0.25, 0.3) is 0 Å². The van der Waals surface area contributed by atoms with Crippen molar-refractivity contribution < 1.29 is 4.74 Å². The molecule has 1 fully saturated rings. The molecule has 1 aliphatic heterocycles. The van der Waals surface area contributed by atoms with Crippen molar-refractivity contribution in [1.82, 2.24) is 0 Å². The predicted octanol–water partition coefficient (Wildman–Crippen LogP) is 3.09. The van der Waals surface area contributed by atoms with E-state index < -0.39 is 0 Å². The van der Waals surface area contributed by atoms with Gasteiger partial charge in [0.2, 0.25) is 0 Å². The van der Waals surface area contributed by atoms with Crippen molar-refractivity contribution in [2.75, 3.05) is 6.61 Å². The normalized spacial score (nSPS) is 20.3. The number of halogens is 1. The number of epoxide rings is 1. The molecule has 0 radical (unpaired) electrons. The minimum absolute atomic E-state index is 0.540. The molecule has 1 nitrogen and oxygen atoms in total. The molecule has 2 rings (SSSR count). The van der Waals surface area contributed by atoms with Gasteiger partial charge in [-0.1, -0.05) is 22.0 Å². The van der Waals surface area contributed by atoms with Crippen LogP contribution in [0.15, 0.2) is 22.7 Å². The monoisotopic (exact) mass is 240 g/mol. The van der Waals surface area contributed by atoms with Gasteiger partial charge in [0.05, 0.1) is 12.7 Å². The first-order chi connectivity index (χ1) is 6.25. The summed E-state index contributed by atoms with van der Waals surface area (Å²) in [4.78, 5) is 0. The molecule has 2 heteroatoms. The summed E-state index contributed by atoms with van der Waals surface area (Å²) in [5.74, 6) is 0. The Kier molecular flexibility index (Phi) is 2.70. The number of ether oxygens (including phenoxy) is 1. The molecule has 70 valence electrons. The summed E-state index contributed by atoms with van der Waals surface area (Å²) < 4.78 is 6.36. The van der Waals surface area contributed by atoms with Crippen LogP contribution in [0.3, 0.4) is 0 Å². The first-order valence-corrected chi connectivity index (χ1v) is 5.41. The molecule has 1 atom stereocenters.